The molecule has 15 heavy (non-hydrogen) atoms. The van der Waals surface area contributed by atoms with Crippen LogP contribution in [0.3, 0.4) is 0 Å². The molecule has 0 fully saturated rings. The number of rotatable bonds is 2. The van der Waals surface area contributed by atoms with Crippen molar-refractivity contribution in [3.05, 3.63) is 45.9 Å². The number of benzene rings is 1. The van der Waals surface area contributed by atoms with Crippen molar-refractivity contribution in [2.75, 3.05) is 0 Å². The summed E-state index contributed by atoms with van der Waals surface area (Å²) in [7, 11) is 0. The maximum Gasteiger partial charge on any atom is 0.182 e. The van der Waals surface area contributed by atoms with E-state index in [0.717, 1.165) is 22.8 Å². The van der Waals surface area contributed by atoms with E-state index in [9.17, 15) is 0 Å². The van der Waals surface area contributed by atoms with E-state index < -0.39 is 0 Å². The van der Waals surface area contributed by atoms with Gasteiger partial charge in [-0.2, -0.15) is 0 Å². The van der Waals surface area contributed by atoms with Crippen LogP contribution < -0.4 is 0 Å². The number of hydrogen-bond acceptors (Lipinski definition) is 1. The molecule has 1 aromatic carbocycles. The summed E-state index contributed by atoms with van der Waals surface area (Å²) in [6.07, 6.45) is 2.86. The summed E-state index contributed by atoms with van der Waals surface area (Å²) in [5.41, 5.74) is 2.16. The van der Waals surface area contributed by atoms with Crippen LogP contribution in [-0.4, -0.2) is 9.55 Å². The van der Waals surface area contributed by atoms with Crippen molar-refractivity contribution >= 4 is 23.8 Å². The molecule has 1 heterocycles. The number of halogens is 1. The SMILES string of the molecule is CCc1c[nH]c(=S)n1-c1cccc(Cl)c1. The van der Waals surface area contributed by atoms with Gasteiger partial charge >= 0.3 is 0 Å². The highest BCUT2D eigenvalue weighted by molar-refractivity contribution is 7.71. The molecule has 1 N–H and O–H groups in total. The second kappa shape index (κ2) is 4.21. The van der Waals surface area contributed by atoms with Gasteiger partial charge in [0.15, 0.2) is 4.77 Å². The highest BCUT2D eigenvalue weighted by atomic mass is 35.5. The molecule has 4 heteroatoms. The molecule has 0 bridgehead atoms. The van der Waals surface area contributed by atoms with E-state index in [1.165, 1.54) is 0 Å². The molecule has 0 aliphatic carbocycles. The van der Waals surface area contributed by atoms with Gasteiger partial charge in [0.25, 0.3) is 0 Å². The summed E-state index contributed by atoms with van der Waals surface area (Å²) >= 11 is 11.2. The van der Waals surface area contributed by atoms with Crippen molar-refractivity contribution in [2.24, 2.45) is 0 Å². The number of nitrogens with zero attached hydrogens (tertiary/aromatic N) is 1. The van der Waals surface area contributed by atoms with Crippen LogP contribution >= 0.6 is 23.8 Å². The molecule has 0 saturated heterocycles. The van der Waals surface area contributed by atoms with Gasteiger partial charge in [-0.1, -0.05) is 24.6 Å². The van der Waals surface area contributed by atoms with Crippen LogP contribution in [-0.2, 0) is 6.42 Å². The first-order valence-electron chi connectivity index (χ1n) is 4.77. The Morgan fingerprint density at radius 1 is 1.47 bits per heavy atom. The van der Waals surface area contributed by atoms with Crippen LogP contribution in [0.25, 0.3) is 5.69 Å². The monoisotopic (exact) mass is 238 g/mol. The minimum Gasteiger partial charge on any atom is -0.337 e. The normalized spacial score (nSPS) is 10.5. The predicted molar refractivity (Wildman–Crippen MR) is 65.3 cm³/mol. The number of aromatic nitrogens is 2. The quantitative estimate of drug-likeness (QED) is 0.791. The molecule has 78 valence electrons. The third-order valence-electron chi connectivity index (χ3n) is 2.28. The van der Waals surface area contributed by atoms with Gasteiger partial charge in [-0.05, 0) is 36.8 Å². The number of imidazole rings is 1. The third-order valence-corrected chi connectivity index (χ3v) is 2.82. The molecule has 0 radical (unpaired) electrons. The minimum atomic E-state index is 0.703. The third kappa shape index (κ3) is 1.98. The number of nitrogens with one attached hydrogen (secondary N) is 1. The minimum absolute atomic E-state index is 0.703. The van der Waals surface area contributed by atoms with Crippen LogP contribution in [0, 0.1) is 4.77 Å². The van der Waals surface area contributed by atoms with Gasteiger partial charge < -0.3 is 4.98 Å². The predicted octanol–water partition coefficient (Wildman–Crippen LogP) is 3.75. The van der Waals surface area contributed by atoms with Crippen LogP contribution in [0.5, 0.6) is 0 Å². The van der Waals surface area contributed by atoms with Gasteiger partial charge in [0.05, 0.1) is 0 Å². The smallest absolute Gasteiger partial charge is 0.182 e. The number of aromatic amines is 1. The largest absolute Gasteiger partial charge is 0.337 e. The van der Waals surface area contributed by atoms with Crippen molar-refractivity contribution in [1.82, 2.24) is 9.55 Å². The average Bonchev–Trinajstić information content (AvgIpc) is 2.59. The zero-order valence-corrected chi connectivity index (χ0v) is 9.90. The molecule has 0 unspecified atom stereocenters. The van der Waals surface area contributed by atoms with E-state index in [1.54, 1.807) is 0 Å². The Bertz CT molecular complexity index is 527. The summed E-state index contributed by atoms with van der Waals surface area (Å²) in [6, 6.07) is 7.68. The first kappa shape index (κ1) is 10.5. The van der Waals surface area contributed by atoms with Crippen molar-refractivity contribution in [3.63, 3.8) is 0 Å². The maximum absolute atomic E-state index is 5.95. The topological polar surface area (TPSA) is 20.7 Å². The Morgan fingerprint density at radius 2 is 2.27 bits per heavy atom. The van der Waals surface area contributed by atoms with Crippen LogP contribution in [0.15, 0.2) is 30.5 Å². The van der Waals surface area contributed by atoms with Crippen molar-refractivity contribution < 1.29 is 0 Å². The lowest BCUT2D eigenvalue weighted by Crippen LogP contribution is -1.98. The molecular weight excluding hydrogens is 228 g/mol. The molecule has 0 saturated carbocycles. The Kier molecular flexibility index (Phi) is 2.93. The Hall–Kier alpha value is -1.06. The second-order valence-corrected chi connectivity index (χ2v) is 4.08. The fourth-order valence-electron chi connectivity index (χ4n) is 1.56. The summed E-state index contributed by atoms with van der Waals surface area (Å²) in [4.78, 5) is 3.04. The van der Waals surface area contributed by atoms with Gasteiger partial charge in [0.2, 0.25) is 0 Å². The van der Waals surface area contributed by atoms with Crippen molar-refractivity contribution in [3.8, 4) is 5.69 Å². The molecule has 0 spiro atoms. The molecule has 0 aliphatic rings. The van der Waals surface area contributed by atoms with Crippen molar-refractivity contribution in [1.29, 1.82) is 0 Å². The molecule has 2 aromatic rings. The lowest BCUT2D eigenvalue weighted by Gasteiger charge is -2.06. The fraction of sp³-hybridized carbons (Fsp3) is 0.182. The zero-order chi connectivity index (χ0) is 10.8. The van der Waals surface area contributed by atoms with Gasteiger partial charge in [-0.3, -0.25) is 4.57 Å². The summed E-state index contributed by atoms with van der Waals surface area (Å²) < 4.78 is 2.70. The van der Waals surface area contributed by atoms with Crippen LogP contribution in [0.1, 0.15) is 12.6 Å². The van der Waals surface area contributed by atoms with E-state index >= 15 is 0 Å². The molecule has 0 atom stereocenters. The average molecular weight is 239 g/mol. The summed E-state index contributed by atoms with van der Waals surface area (Å²) in [6.45, 7) is 2.10. The molecular formula is C11H11ClN2S. The maximum atomic E-state index is 5.95. The fourth-order valence-corrected chi connectivity index (χ4v) is 2.03. The first-order valence-corrected chi connectivity index (χ1v) is 5.56. The Balaban J connectivity index is 2.62. The molecule has 1 aromatic heterocycles. The van der Waals surface area contributed by atoms with E-state index in [4.69, 9.17) is 23.8 Å². The molecule has 0 aliphatic heterocycles. The van der Waals surface area contributed by atoms with E-state index in [-0.39, 0.29) is 0 Å². The number of H-pyrrole nitrogens is 1. The number of hydrogen-bond donors (Lipinski definition) is 1. The second-order valence-electron chi connectivity index (χ2n) is 3.25. The van der Waals surface area contributed by atoms with E-state index in [1.807, 2.05) is 35.0 Å². The Labute approximate surface area is 98.5 Å². The van der Waals surface area contributed by atoms with Gasteiger partial charge in [0.1, 0.15) is 0 Å². The lowest BCUT2D eigenvalue weighted by molar-refractivity contribution is 0.922. The lowest BCUT2D eigenvalue weighted by atomic mass is 10.3. The van der Waals surface area contributed by atoms with Crippen molar-refractivity contribution in [2.45, 2.75) is 13.3 Å². The van der Waals surface area contributed by atoms with Gasteiger partial charge in [0, 0.05) is 22.6 Å². The zero-order valence-electron chi connectivity index (χ0n) is 8.33. The van der Waals surface area contributed by atoms with E-state index in [2.05, 4.69) is 11.9 Å². The van der Waals surface area contributed by atoms with Crippen LogP contribution in [0.4, 0.5) is 0 Å². The molecule has 2 nitrogen and oxygen atoms in total. The van der Waals surface area contributed by atoms with E-state index in [0.29, 0.717) is 4.77 Å². The highest BCUT2D eigenvalue weighted by Gasteiger charge is 2.04. The van der Waals surface area contributed by atoms with Gasteiger partial charge in [-0.15, -0.1) is 0 Å². The first-order chi connectivity index (χ1) is 7.22. The highest BCUT2D eigenvalue weighted by Crippen LogP contribution is 2.17. The summed E-state index contributed by atoms with van der Waals surface area (Å²) in [5.74, 6) is 0. The standard InChI is InChI=1S/C11H11ClN2S/c1-2-9-7-13-11(15)14(9)10-5-3-4-8(12)6-10/h3-7H,2H2,1H3,(H,13,15). The van der Waals surface area contributed by atoms with Crippen LogP contribution in [0.2, 0.25) is 5.02 Å². The van der Waals surface area contributed by atoms with Gasteiger partial charge in [-0.25, -0.2) is 0 Å². The Morgan fingerprint density at radius 3 is 2.93 bits per heavy atom. The molecule has 0 amide bonds. The molecule has 2 rings (SSSR count). The summed E-state index contributed by atoms with van der Waals surface area (Å²) in [5, 5.41) is 0.720. The number of aryl methyl sites for hydroxylation is 1.